The van der Waals surface area contributed by atoms with E-state index in [9.17, 15) is 5.26 Å². The largest absolute Gasteiger partial charge is 0.489 e. The summed E-state index contributed by atoms with van der Waals surface area (Å²) in [6.07, 6.45) is 0. The Morgan fingerprint density at radius 1 is 1.06 bits per heavy atom. The number of fused-ring (bicyclic) bond motifs is 1. The number of benzene rings is 3. The van der Waals surface area contributed by atoms with Gasteiger partial charge in [0, 0.05) is 5.41 Å². The number of aromatic nitrogens is 1. The van der Waals surface area contributed by atoms with E-state index in [1.165, 1.54) is 11.3 Å². The highest BCUT2D eigenvalue weighted by Gasteiger charge is 2.26. The van der Waals surface area contributed by atoms with Crippen molar-refractivity contribution in [2.45, 2.75) is 19.3 Å². The van der Waals surface area contributed by atoms with Gasteiger partial charge in [0.1, 0.15) is 12.7 Å². The number of anilines is 1. The Balaban J connectivity index is 1.66. The van der Waals surface area contributed by atoms with Gasteiger partial charge in [0.25, 0.3) is 0 Å². The first-order valence-electron chi connectivity index (χ1n) is 10.0. The molecule has 0 bridgehead atoms. The molecule has 0 unspecified atom stereocenters. The minimum Gasteiger partial charge on any atom is -0.489 e. The van der Waals surface area contributed by atoms with Gasteiger partial charge in [-0.3, -0.25) is 0 Å². The molecule has 0 amide bonds. The van der Waals surface area contributed by atoms with Crippen molar-refractivity contribution >= 4 is 49.9 Å². The zero-order valence-electron chi connectivity index (χ0n) is 17.7. The Bertz CT molecular complexity index is 1320. The number of ether oxygens (including phenoxy) is 1. The van der Waals surface area contributed by atoms with Crippen LogP contribution in [0, 0.1) is 11.3 Å². The molecule has 2 N–H and O–H groups in total. The van der Waals surface area contributed by atoms with Crippen molar-refractivity contribution in [3.63, 3.8) is 0 Å². The van der Waals surface area contributed by atoms with E-state index < -0.39 is 0 Å². The van der Waals surface area contributed by atoms with Gasteiger partial charge < -0.3 is 10.5 Å². The summed E-state index contributed by atoms with van der Waals surface area (Å²) >= 11 is 13.7. The maximum atomic E-state index is 9.61. The van der Waals surface area contributed by atoms with Crippen molar-refractivity contribution in [2.75, 3.05) is 18.2 Å². The quantitative estimate of drug-likeness (QED) is 0.300. The lowest BCUT2D eigenvalue weighted by molar-refractivity contribution is 0.341. The summed E-state index contributed by atoms with van der Waals surface area (Å²) < 4.78 is 6.66. The minimum atomic E-state index is -0.369. The second-order valence-electron chi connectivity index (χ2n) is 7.92. The van der Waals surface area contributed by atoms with Gasteiger partial charge in [0.05, 0.1) is 26.7 Å². The van der Waals surface area contributed by atoms with Gasteiger partial charge in [-0.25, -0.2) is 4.98 Å². The summed E-state index contributed by atoms with van der Waals surface area (Å²) in [6, 6.07) is 20.5. The molecule has 1 heterocycles. The number of rotatable bonds is 6. The van der Waals surface area contributed by atoms with Crippen LogP contribution in [0.3, 0.4) is 0 Å². The van der Waals surface area contributed by atoms with Crippen LogP contribution in [0.4, 0.5) is 5.13 Å². The average Bonchev–Trinajstić information content (AvgIpc) is 3.17. The molecule has 0 fully saturated rings. The van der Waals surface area contributed by atoms with Gasteiger partial charge in [-0.15, -0.1) is 11.6 Å². The number of nitrogens with zero attached hydrogens (tertiary/aromatic N) is 2. The first-order valence-corrected chi connectivity index (χ1v) is 11.8. The lowest BCUT2D eigenvalue weighted by atomic mass is 9.77. The van der Waals surface area contributed by atoms with Crippen molar-refractivity contribution in [1.29, 1.82) is 5.26 Å². The zero-order valence-corrected chi connectivity index (χ0v) is 20.0. The fourth-order valence-corrected chi connectivity index (χ4v) is 4.76. The van der Waals surface area contributed by atoms with Crippen molar-refractivity contribution in [3.05, 3.63) is 76.3 Å². The lowest BCUT2D eigenvalue weighted by Gasteiger charge is -2.27. The lowest BCUT2D eigenvalue weighted by Crippen LogP contribution is -2.19. The molecule has 7 heteroatoms. The topological polar surface area (TPSA) is 71.9 Å². The summed E-state index contributed by atoms with van der Waals surface area (Å²) in [4.78, 5) is 4.39. The molecule has 3 aromatic carbocycles. The molecule has 0 saturated heterocycles. The molecule has 162 valence electrons. The second-order valence-corrected chi connectivity index (χ2v) is 9.77. The van der Waals surface area contributed by atoms with Gasteiger partial charge >= 0.3 is 0 Å². The van der Waals surface area contributed by atoms with Gasteiger partial charge in [-0.05, 0) is 46.5 Å². The molecule has 4 aromatic rings. The number of nitrogen functional groups attached to an aromatic ring is 1. The van der Waals surface area contributed by atoms with Gasteiger partial charge in [-0.1, -0.05) is 67.1 Å². The van der Waals surface area contributed by atoms with Crippen LogP contribution >= 0.6 is 34.5 Å². The van der Waals surface area contributed by atoms with E-state index in [1.54, 1.807) is 0 Å². The molecule has 0 saturated carbocycles. The molecule has 0 spiro atoms. The molecule has 0 radical (unpaired) electrons. The highest BCUT2D eigenvalue weighted by atomic mass is 35.5. The van der Waals surface area contributed by atoms with Crippen molar-refractivity contribution in [2.24, 2.45) is 0 Å². The summed E-state index contributed by atoms with van der Waals surface area (Å²) in [5.41, 5.74) is 11.0. The van der Waals surface area contributed by atoms with E-state index in [0.29, 0.717) is 34.0 Å². The number of nitrogens with two attached hydrogens (primary N) is 1. The van der Waals surface area contributed by atoms with Crippen LogP contribution in [0.1, 0.15) is 30.5 Å². The Morgan fingerprint density at radius 2 is 1.78 bits per heavy atom. The number of hydrogen-bond donors (Lipinski definition) is 1. The van der Waals surface area contributed by atoms with E-state index in [-0.39, 0.29) is 5.41 Å². The molecule has 0 aliphatic rings. The highest BCUT2D eigenvalue weighted by Crippen LogP contribution is 2.39. The summed E-state index contributed by atoms with van der Waals surface area (Å²) in [6.45, 7) is 4.51. The molecule has 1 aromatic heterocycles. The van der Waals surface area contributed by atoms with Crippen LogP contribution in [0.25, 0.3) is 21.3 Å². The minimum absolute atomic E-state index is 0.291. The number of thiazole rings is 1. The number of hydrogen-bond acceptors (Lipinski definition) is 5. The standard InChI is InChI=1S/C25H21Cl2N3OS/c1-25(2,19-11-17(14-28)23(20(27)13-19)31-10-9-26)18-6-3-15(4-7-18)16-5-8-22-21(12-16)30-24(29)32-22/h3-8,11-13H,9-10H2,1-2H3,(H2,29,30). The first-order chi connectivity index (χ1) is 15.3. The number of halogens is 2. The third kappa shape index (κ3) is 4.27. The fraction of sp³-hybridized carbons (Fsp3) is 0.200. The summed E-state index contributed by atoms with van der Waals surface area (Å²) in [5, 5.41) is 10.6. The third-order valence-electron chi connectivity index (χ3n) is 5.55. The van der Waals surface area contributed by atoms with Crippen molar-refractivity contribution in [3.8, 4) is 22.9 Å². The maximum absolute atomic E-state index is 9.61. The molecule has 0 atom stereocenters. The molecule has 0 aliphatic carbocycles. The van der Waals surface area contributed by atoms with Crippen LogP contribution < -0.4 is 10.5 Å². The van der Waals surface area contributed by atoms with Crippen LogP contribution in [0.2, 0.25) is 5.02 Å². The molecule has 4 rings (SSSR count). The van der Waals surface area contributed by atoms with E-state index in [4.69, 9.17) is 33.7 Å². The van der Waals surface area contributed by atoms with Crippen molar-refractivity contribution in [1.82, 2.24) is 4.98 Å². The van der Waals surface area contributed by atoms with E-state index in [1.807, 2.05) is 12.1 Å². The SMILES string of the molecule is CC(C)(c1ccc(-c2ccc3sc(N)nc3c2)cc1)c1cc(Cl)c(OCCCl)c(C#N)c1. The Hall–Kier alpha value is -2.78. The smallest absolute Gasteiger partial charge is 0.181 e. The normalized spacial score (nSPS) is 11.5. The van der Waals surface area contributed by atoms with Crippen molar-refractivity contribution < 1.29 is 4.74 Å². The van der Waals surface area contributed by atoms with Crippen LogP contribution in [0.5, 0.6) is 5.75 Å². The summed E-state index contributed by atoms with van der Waals surface area (Å²) in [7, 11) is 0. The molecule has 4 nitrogen and oxygen atoms in total. The summed E-state index contributed by atoms with van der Waals surface area (Å²) in [5.74, 6) is 0.701. The Kier molecular flexibility index (Phi) is 6.30. The van der Waals surface area contributed by atoms with Gasteiger partial charge in [-0.2, -0.15) is 5.26 Å². The van der Waals surface area contributed by atoms with Gasteiger partial charge in [0.15, 0.2) is 10.9 Å². The fourth-order valence-electron chi connectivity index (χ4n) is 3.70. The van der Waals surface area contributed by atoms with E-state index in [0.717, 1.165) is 32.5 Å². The van der Waals surface area contributed by atoms with E-state index in [2.05, 4.69) is 67.4 Å². The molecular formula is C25H21Cl2N3OS. The molecular weight excluding hydrogens is 461 g/mol. The van der Waals surface area contributed by atoms with Crippen LogP contribution in [-0.2, 0) is 5.41 Å². The Morgan fingerprint density at radius 3 is 2.47 bits per heavy atom. The maximum Gasteiger partial charge on any atom is 0.181 e. The zero-order chi connectivity index (χ0) is 22.9. The monoisotopic (exact) mass is 481 g/mol. The third-order valence-corrected chi connectivity index (χ3v) is 6.85. The second kappa shape index (κ2) is 8.99. The predicted octanol–water partition coefficient (Wildman–Crippen LogP) is 7.01. The number of alkyl halides is 1. The highest BCUT2D eigenvalue weighted by molar-refractivity contribution is 7.22. The molecule has 32 heavy (non-hydrogen) atoms. The van der Waals surface area contributed by atoms with Crippen LogP contribution in [-0.4, -0.2) is 17.5 Å². The average molecular weight is 482 g/mol. The van der Waals surface area contributed by atoms with E-state index >= 15 is 0 Å². The predicted molar refractivity (Wildman–Crippen MR) is 134 cm³/mol. The van der Waals surface area contributed by atoms with Crippen LogP contribution in [0.15, 0.2) is 54.6 Å². The first kappa shape index (κ1) is 22.4. The Labute approximate surface area is 201 Å². The van der Waals surface area contributed by atoms with Gasteiger partial charge in [0.2, 0.25) is 0 Å². The molecule has 0 aliphatic heterocycles. The number of nitriles is 1.